The van der Waals surface area contributed by atoms with E-state index in [1.165, 1.54) is 18.2 Å². The number of phenols is 1. The summed E-state index contributed by atoms with van der Waals surface area (Å²) in [5, 5.41) is 10.1. The number of rotatable bonds is 8. The lowest BCUT2D eigenvalue weighted by atomic mass is 9.82. The number of phenolic OH excluding ortho intramolecular Hbond substituents is 1. The fourth-order valence-corrected chi connectivity index (χ4v) is 4.86. The van der Waals surface area contributed by atoms with Crippen molar-refractivity contribution in [1.29, 1.82) is 0 Å². The van der Waals surface area contributed by atoms with Crippen molar-refractivity contribution in [2.75, 3.05) is 26.6 Å². The molecule has 2 fully saturated rings. The van der Waals surface area contributed by atoms with Gasteiger partial charge in [-0.1, -0.05) is 6.07 Å². The predicted octanol–water partition coefficient (Wildman–Crippen LogP) is 5.35. The molecule has 1 aromatic rings. The first kappa shape index (κ1) is 26.7. The van der Waals surface area contributed by atoms with Crippen LogP contribution in [0.5, 0.6) is 5.75 Å². The van der Waals surface area contributed by atoms with Crippen molar-refractivity contribution in [3.63, 3.8) is 0 Å². The highest BCUT2D eigenvalue weighted by Crippen LogP contribution is 2.39. The molecular formula is C26H40FNO6. The zero-order chi connectivity index (χ0) is 24.7. The molecule has 1 aliphatic carbocycles. The molecule has 2 aliphatic rings. The molecule has 1 N–H and O–H groups in total. The van der Waals surface area contributed by atoms with Crippen LogP contribution in [0.25, 0.3) is 0 Å². The number of aromatic hydroxyl groups is 1. The quantitative estimate of drug-likeness (QED) is 0.398. The Balaban J connectivity index is 1.60. The first-order valence-electron chi connectivity index (χ1n) is 12.5. The van der Waals surface area contributed by atoms with Gasteiger partial charge in [0.05, 0.1) is 24.9 Å². The van der Waals surface area contributed by atoms with E-state index in [0.29, 0.717) is 25.3 Å². The minimum atomic E-state index is -0.585. The molecule has 1 aliphatic heterocycles. The van der Waals surface area contributed by atoms with Crippen molar-refractivity contribution in [3.05, 3.63) is 29.6 Å². The largest absolute Gasteiger partial charge is 0.508 e. The Bertz CT molecular complexity index is 770. The van der Waals surface area contributed by atoms with Gasteiger partial charge in [-0.05, 0) is 84.3 Å². The van der Waals surface area contributed by atoms with Crippen molar-refractivity contribution < 1.29 is 33.2 Å². The number of hydrogen-bond acceptors (Lipinski definition) is 6. The second kappa shape index (κ2) is 12.2. The Hall–Kier alpha value is -1.90. The maximum atomic E-state index is 14.3. The molecule has 1 saturated carbocycles. The number of carbonyl (C=O) groups is 1. The lowest BCUT2D eigenvalue weighted by molar-refractivity contribution is -0.138. The maximum absolute atomic E-state index is 14.3. The predicted molar refractivity (Wildman–Crippen MR) is 126 cm³/mol. The molecule has 0 radical (unpaired) electrons. The lowest BCUT2D eigenvalue weighted by Crippen LogP contribution is -2.55. The summed E-state index contributed by atoms with van der Waals surface area (Å²) < 4.78 is 37.5. The van der Waals surface area contributed by atoms with Crippen molar-refractivity contribution in [2.24, 2.45) is 0 Å². The van der Waals surface area contributed by atoms with E-state index in [1.807, 2.05) is 27.7 Å². The number of benzene rings is 1. The second-order valence-electron chi connectivity index (χ2n) is 10.2. The van der Waals surface area contributed by atoms with Crippen LogP contribution in [0.4, 0.5) is 9.18 Å². The van der Waals surface area contributed by atoms with E-state index >= 15 is 0 Å². The molecule has 1 amide bonds. The van der Waals surface area contributed by atoms with E-state index in [2.05, 4.69) is 0 Å². The number of halogens is 1. The summed E-state index contributed by atoms with van der Waals surface area (Å²) in [5.74, 6) is -0.348. The minimum Gasteiger partial charge on any atom is -0.508 e. The highest BCUT2D eigenvalue weighted by Gasteiger charge is 2.38. The number of carbonyl (C=O) groups excluding carboxylic acids is 1. The van der Waals surface area contributed by atoms with Crippen LogP contribution in [-0.2, 0) is 18.9 Å². The van der Waals surface area contributed by atoms with E-state index in [9.17, 15) is 14.3 Å². The van der Waals surface area contributed by atoms with E-state index in [-0.39, 0.29) is 48.6 Å². The molecule has 1 saturated heterocycles. The Morgan fingerprint density at radius 3 is 2.53 bits per heavy atom. The van der Waals surface area contributed by atoms with Crippen LogP contribution in [-0.4, -0.2) is 66.5 Å². The van der Waals surface area contributed by atoms with Crippen molar-refractivity contribution >= 4 is 6.09 Å². The van der Waals surface area contributed by atoms with Crippen LogP contribution in [0.15, 0.2) is 18.2 Å². The minimum absolute atomic E-state index is 0.0140. The third-order valence-electron chi connectivity index (χ3n) is 6.53. The second-order valence-corrected chi connectivity index (χ2v) is 10.2. The van der Waals surface area contributed by atoms with Gasteiger partial charge in [-0.25, -0.2) is 9.18 Å². The fourth-order valence-electron chi connectivity index (χ4n) is 4.86. The third kappa shape index (κ3) is 7.30. The molecule has 8 heteroatoms. The van der Waals surface area contributed by atoms with Gasteiger partial charge < -0.3 is 29.0 Å². The molecule has 3 rings (SSSR count). The molecule has 0 spiro atoms. The van der Waals surface area contributed by atoms with Gasteiger partial charge in [-0.3, -0.25) is 0 Å². The van der Waals surface area contributed by atoms with E-state index in [0.717, 1.165) is 38.5 Å². The molecule has 0 bridgehead atoms. The van der Waals surface area contributed by atoms with Crippen LogP contribution in [0.1, 0.15) is 77.7 Å². The summed E-state index contributed by atoms with van der Waals surface area (Å²) in [5.41, 5.74) is -0.174. The van der Waals surface area contributed by atoms with Crippen LogP contribution < -0.4 is 0 Å². The van der Waals surface area contributed by atoms with Gasteiger partial charge in [0.1, 0.15) is 24.0 Å². The van der Waals surface area contributed by atoms with Gasteiger partial charge in [0.15, 0.2) is 0 Å². The molecule has 2 atom stereocenters. The first-order valence-corrected chi connectivity index (χ1v) is 12.5. The van der Waals surface area contributed by atoms with Gasteiger partial charge in [-0.2, -0.15) is 0 Å². The van der Waals surface area contributed by atoms with Gasteiger partial charge in [0.2, 0.25) is 0 Å². The Morgan fingerprint density at radius 1 is 1.15 bits per heavy atom. The number of likely N-dealkylation sites (tertiary alicyclic amines) is 1. The molecular weight excluding hydrogens is 441 g/mol. The topological polar surface area (TPSA) is 77.5 Å². The Labute approximate surface area is 202 Å². The van der Waals surface area contributed by atoms with Crippen molar-refractivity contribution in [1.82, 2.24) is 4.90 Å². The molecule has 7 nitrogen and oxygen atoms in total. The smallest absolute Gasteiger partial charge is 0.410 e. The van der Waals surface area contributed by atoms with Gasteiger partial charge in [-0.15, -0.1) is 0 Å². The monoisotopic (exact) mass is 481 g/mol. The third-order valence-corrected chi connectivity index (χ3v) is 6.53. The molecule has 34 heavy (non-hydrogen) atoms. The zero-order valence-corrected chi connectivity index (χ0v) is 20.9. The average Bonchev–Trinajstić information content (AvgIpc) is 2.78. The number of piperidine rings is 1. The highest BCUT2D eigenvalue weighted by atomic mass is 19.1. The number of nitrogens with zero attached hydrogens (tertiary/aromatic N) is 1. The Kier molecular flexibility index (Phi) is 9.56. The van der Waals surface area contributed by atoms with Gasteiger partial charge in [0, 0.05) is 18.7 Å². The summed E-state index contributed by atoms with van der Waals surface area (Å²) in [6.45, 7) is 9.16. The number of hydrogen-bond donors (Lipinski definition) is 1. The molecule has 192 valence electrons. The first-order chi connectivity index (χ1) is 16.2. The van der Waals surface area contributed by atoms with Crippen molar-refractivity contribution in [3.8, 4) is 5.75 Å². The lowest BCUT2D eigenvalue weighted by Gasteiger charge is -2.42. The van der Waals surface area contributed by atoms with Crippen LogP contribution in [0.3, 0.4) is 0 Å². The van der Waals surface area contributed by atoms with E-state index < -0.39 is 5.60 Å². The Morgan fingerprint density at radius 2 is 1.88 bits per heavy atom. The fraction of sp³-hybridized carbons (Fsp3) is 0.731. The zero-order valence-electron chi connectivity index (χ0n) is 20.9. The SMILES string of the molecule is CCOCO[C@H]1CCCN(C(=O)OC(C)(C)C)[C@H]1COC1CCC(c2c(O)cccc2F)CC1. The number of amides is 1. The highest BCUT2D eigenvalue weighted by molar-refractivity contribution is 5.68. The van der Waals surface area contributed by atoms with Gasteiger partial charge in [0.25, 0.3) is 0 Å². The molecule has 0 unspecified atom stereocenters. The summed E-state index contributed by atoms with van der Waals surface area (Å²) in [4.78, 5) is 14.6. The summed E-state index contributed by atoms with van der Waals surface area (Å²) >= 11 is 0. The standard InChI is InChI=1S/C26H40FNO6/c1-5-31-17-33-23-10-7-15-28(25(30)34-26(2,3)4)21(23)16-32-19-13-11-18(12-14-19)24-20(27)8-6-9-22(24)29/h6,8-9,18-19,21,23,29H,5,7,10-17H2,1-4H3/t18?,19?,21-,23-/m0/s1. The van der Waals surface area contributed by atoms with Crippen molar-refractivity contribution in [2.45, 2.75) is 96.0 Å². The van der Waals surface area contributed by atoms with E-state index in [1.54, 1.807) is 4.90 Å². The molecule has 1 heterocycles. The van der Waals surface area contributed by atoms with Crippen LogP contribution in [0, 0.1) is 5.82 Å². The number of ether oxygens (including phenoxy) is 4. The normalized spacial score (nSPS) is 25.9. The summed E-state index contributed by atoms with van der Waals surface area (Å²) in [7, 11) is 0. The summed E-state index contributed by atoms with van der Waals surface area (Å²) in [6.07, 6.45) is 4.12. The summed E-state index contributed by atoms with van der Waals surface area (Å²) in [6, 6.07) is 4.19. The van der Waals surface area contributed by atoms with E-state index in [4.69, 9.17) is 18.9 Å². The molecule has 1 aromatic carbocycles. The molecule has 0 aromatic heterocycles. The average molecular weight is 482 g/mol. The van der Waals surface area contributed by atoms with Crippen LogP contribution >= 0.6 is 0 Å². The maximum Gasteiger partial charge on any atom is 0.410 e. The van der Waals surface area contributed by atoms with Crippen LogP contribution in [0.2, 0.25) is 0 Å². The van der Waals surface area contributed by atoms with Gasteiger partial charge >= 0.3 is 6.09 Å².